The zero-order valence-electron chi connectivity index (χ0n) is 25.0. The Balaban J connectivity index is 1.10. The summed E-state index contributed by atoms with van der Waals surface area (Å²) in [7, 11) is 0. The Labute approximate surface area is 266 Å². The molecular weight excluding hydrogens is 560 g/mol. The van der Waals surface area contributed by atoms with Gasteiger partial charge in [-0.2, -0.15) is 0 Å². The lowest BCUT2D eigenvalue weighted by Crippen LogP contribution is -2.09. The molecule has 0 amide bonds. The highest BCUT2D eigenvalue weighted by molar-refractivity contribution is 6.13. The normalized spacial score (nSPS) is 11.5. The maximum Gasteiger partial charge on any atom is 0.153 e. The van der Waals surface area contributed by atoms with Crippen LogP contribution in [-0.4, -0.2) is 4.98 Å². The predicted molar refractivity (Wildman–Crippen MR) is 192 cm³/mol. The smallest absolute Gasteiger partial charge is 0.153 e. The van der Waals surface area contributed by atoms with Crippen LogP contribution >= 0.6 is 0 Å². The minimum atomic E-state index is 0.803. The number of hydrogen-bond donors (Lipinski definition) is 0. The molecule has 0 saturated heterocycles. The maximum atomic E-state index is 6.00. The molecule has 0 saturated carbocycles. The Morgan fingerprint density at radius 3 is 1.76 bits per heavy atom. The van der Waals surface area contributed by atoms with Crippen molar-refractivity contribution in [2.75, 3.05) is 4.90 Å². The van der Waals surface area contributed by atoms with Crippen molar-refractivity contribution < 1.29 is 4.42 Å². The van der Waals surface area contributed by atoms with Gasteiger partial charge in [0.1, 0.15) is 11.1 Å². The fraction of sp³-hybridized carbons (Fsp3) is 0. The molecule has 0 radical (unpaired) electrons. The first kappa shape index (κ1) is 26.2. The second kappa shape index (κ2) is 10.8. The molecule has 0 spiro atoms. The van der Waals surface area contributed by atoms with Crippen LogP contribution in [0.2, 0.25) is 0 Å². The van der Waals surface area contributed by atoms with Crippen molar-refractivity contribution in [3.8, 4) is 22.4 Å². The molecule has 0 fully saturated rings. The number of hydrogen-bond acceptors (Lipinski definition) is 3. The number of nitrogens with zero attached hydrogens (tertiary/aromatic N) is 2. The lowest BCUT2D eigenvalue weighted by atomic mass is 9.93. The van der Waals surface area contributed by atoms with Crippen LogP contribution in [0.4, 0.5) is 17.1 Å². The largest absolute Gasteiger partial charge is 0.454 e. The van der Waals surface area contributed by atoms with Gasteiger partial charge in [0.15, 0.2) is 5.58 Å². The number of para-hydroxylation sites is 2. The SMILES string of the molecule is c1ccc(N(c2ccc(-c3ccc4oc5ccccc5c4n3)cc2)c2ccc(-c3cc4ccccc4c4ccccc34)cc2)cc1. The zero-order valence-corrected chi connectivity index (χ0v) is 25.0. The van der Waals surface area contributed by atoms with E-state index in [1.54, 1.807) is 0 Å². The number of pyridine rings is 1. The maximum absolute atomic E-state index is 6.00. The Morgan fingerprint density at radius 2 is 1.00 bits per heavy atom. The third-order valence-corrected chi connectivity index (χ3v) is 8.86. The van der Waals surface area contributed by atoms with Gasteiger partial charge in [-0.3, -0.25) is 0 Å². The molecule has 0 atom stereocenters. The zero-order chi connectivity index (χ0) is 30.5. The van der Waals surface area contributed by atoms with E-state index >= 15 is 0 Å². The summed E-state index contributed by atoms with van der Waals surface area (Å²) in [6.07, 6.45) is 0. The van der Waals surface area contributed by atoms with Crippen molar-refractivity contribution >= 4 is 60.7 Å². The van der Waals surface area contributed by atoms with Gasteiger partial charge < -0.3 is 9.32 Å². The molecule has 9 rings (SSSR count). The van der Waals surface area contributed by atoms with E-state index in [1.165, 1.54) is 32.7 Å². The van der Waals surface area contributed by atoms with E-state index < -0.39 is 0 Å². The van der Waals surface area contributed by atoms with Gasteiger partial charge in [-0.05, 0) is 99.4 Å². The van der Waals surface area contributed by atoms with E-state index in [9.17, 15) is 0 Å². The number of benzene rings is 7. The number of fused-ring (bicyclic) bond motifs is 6. The molecule has 46 heavy (non-hydrogen) atoms. The van der Waals surface area contributed by atoms with E-state index in [4.69, 9.17) is 9.40 Å². The number of furan rings is 1. The minimum absolute atomic E-state index is 0.803. The molecule has 3 nitrogen and oxygen atoms in total. The van der Waals surface area contributed by atoms with Crippen molar-refractivity contribution in [1.82, 2.24) is 4.98 Å². The van der Waals surface area contributed by atoms with Crippen LogP contribution in [0.25, 0.3) is 66.0 Å². The highest BCUT2D eigenvalue weighted by Gasteiger charge is 2.15. The summed E-state index contributed by atoms with van der Waals surface area (Å²) in [5.74, 6) is 0. The van der Waals surface area contributed by atoms with Gasteiger partial charge in [-0.15, -0.1) is 0 Å². The molecule has 216 valence electrons. The van der Waals surface area contributed by atoms with Gasteiger partial charge in [0.05, 0.1) is 5.69 Å². The van der Waals surface area contributed by atoms with Crippen LogP contribution in [0.1, 0.15) is 0 Å². The molecule has 0 N–H and O–H groups in total. The highest BCUT2D eigenvalue weighted by Crippen LogP contribution is 2.39. The van der Waals surface area contributed by atoms with E-state index in [2.05, 4.69) is 144 Å². The molecular formula is C43H28N2O. The van der Waals surface area contributed by atoms with Crippen LogP contribution in [0.15, 0.2) is 174 Å². The van der Waals surface area contributed by atoms with Crippen LogP contribution in [0.3, 0.4) is 0 Å². The van der Waals surface area contributed by atoms with Crippen LogP contribution < -0.4 is 4.90 Å². The van der Waals surface area contributed by atoms with Crippen LogP contribution in [0, 0.1) is 0 Å². The van der Waals surface area contributed by atoms with E-state index in [0.717, 1.165) is 50.4 Å². The lowest BCUT2D eigenvalue weighted by Gasteiger charge is -2.26. The van der Waals surface area contributed by atoms with Gasteiger partial charge in [0.2, 0.25) is 0 Å². The monoisotopic (exact) mass is 588 g/mol. The average molecular weight is 589 g/mol. The Bertz CT molecular complexity index is 2510. The third kappa shape index (κ3) is 4.41. The quantitative estimate of drug-likeness (QED) is 0.187. The van der Waals surface area contributed by atoms with Crippen molar-refractivity contribution in [2.24, 2.45) is 0 Å². The third-order valence-electron chi connectivity index (χ3n) is 8.86. The van der Waals surface area contributed by atoms with Crippen LogP contribution in [0.5, 0.6) is 0 Å². The summed E-state index contributed by atoms with van der Waals surface area (Å²) < 4.78 is 6.00. The number of anilines is 3. The standard InChI is InChI=1S/C43H28N2O/c1-2-11-32(12-3-1)45(34-24-20-30(21-25-34)40-26-27-42-43(44-40)38-16-8-9-17-41(38)46-42)33-22-18-29(19-23-33)39-28-31-10-4-5-13-35(31)36-14-6-7-15-37(36)39/h1-28H. The Kier molecular flexibility index (Phi) is 6.14. The molecule has 0 aliphatic carbocycles. The van der Waals surface area contributed by atoms with Gasteiger partial charge in [-0.1, -0.05) is 103 Å². The topological polar surface area (TPSA) is 29.3 Å². The minimum Gasteiger partial charge on any atom is -0.454 e. The Hall–Kier alpha value is -6.19. The van der Waals surface area contributed by atoms with Gasteiger partial charge in [-0.25, -0.2) is 4.98 Å². The molecule has 3 heteroatoms. The van der Waals surface area contributed by atoms with Crippen molar-refractivity contribution in [3.05, 3.63) is 170 Å². The number of aromatic nitrogens is 1. The second-order valence-corrected chi connectivity index (χ2v) is 11.6. The van der Waals surface area contributed by atoms with Crippen molar-refractivity contribution in [2.45, 2.75) is 0 Å². The fourth-order valence-corrected chi connectivity index (χ4v) is 6.64. The first-order chi connectivity index (χ1) is 22.8. The summed E-state index contributed by atoms with van der Waals surface area (Å²) in [5, 5.41) is 6.11. The summed E-state index contributed by atoms with van der Waals surface area (Å²) >= 11 is 0. The summed E-state index contributed by atoms with van der Waals surface area (Å²) in [6.45, 7) is 0. The van der Waals surface area contributed by atoms with E-state index in [1.807, 2.05) is 30.3 Å². The van der Waals surface area contributed by atoms with E-state index in [-0.39, 0.29) is 0 Å². The summed E-state index contributed by atoms with van der Waals surface area (Å²) in [4.78, 5) is 7.29. The van der Waals surface area contributed by atoms with Crippen molar-refractivity contribution in [1.29, 1.82) is 0 Å². The van der Waals surface area contributed by atoms with Gasteiger partial charge >= 0.3 is 0 Å². The Morgan fingerprint density at radius 1 is 0.413 bits per heavy atom. The van der Waals surface area contributed by atoms with Crippen molar-refractivity contribution in [3.63, 3.8) is 0 Å². The van der Waals surface area contributed by atoms with Gasteiger partial charge in [0.25, 0.3) is 0 Å². The molecule has 2 aromatic heterocycles. The summed E-state index contributed by atoms with van der Waals surface area (Å²) in [6, 6.07) is 59.9. The molecule has 0 aliphatic heterocycles. The molecule has 2 heterocycles. The number of rotatable bonds is 5. The summed E-state index contributed by atoms with van der Waals surface area (Å²) in [5.41, 5.74) is 10.2. The fourth-order valence-electron chi connectivity index (χ4n) is 6.64. The molecule has 9 aromatic rings. The lowest BCUT2D eigenvalue weighted by molar-refractivity contribution is 0.668. The second-order valence-electron chi connectivity index (χ2n) is 11.6. The first-order valence-electron chi connectivity index (χ1n) is 15.5. The van der Waals surface area contributed by atoms with Gasteiger partial charge in [0, 0.05) is 28.0 Å². The molecule has 0 aliphatic rings. The average Bonchev–Trinajstić information content (AvgIpc) is 3.51. The van der Waals surface area contributed by atoms with E-state index in [0.29, 0.717) is 0 Å². The van der Waals surface area contributed by atoms with Crippen LogP contribution in [-0.2, 0) is 0 Å². The molecule has 0 unspecified atom stereocenters. The molecule has 7 aromatic carbocycles. The molecule has 0 bridgehead atoms. The predicted octanol–water partition coefficient (Wildman–Crippen LogP) is 12.1. The highest BCUT2D eigenvalue weighted by atomic mass is 16.3. The first-order valence-corrected chi connectivity index (χ1v) is 15.5.